The Bertz CT molecular complexity index is 1170. The van der Waals surface area contributed by atoms with Crippen LogP contribution in [0.3, 0.4) is 0 Å². The standard InChI is InChI=1S/C24H25ClN2O4S/c1-18-7-5-6-8-19(18)13-14-26-24(28)22-17-21(11-12-23(22)25)32(29,30)27-15-16-31-20-9-3-2-4-10-20/h2-12,17,27H,13-16H2,1H3,(H,26,28). The van der Waals surface area contributed by atoms with Crippen LogP contribution < -0.4 is 14.8 Å². The van der Waals surface area contributed by atoms with Crippen LogP contribution >= 0.6 is 11.6 Å². The number of carbonyl (C=O) groups is 1. The first kappa shape index (κ1) is 23.8. The molecule has 0 aromatic heterocycles. The molecule has 0 aliphatic rings. The maximum absolute atomic E-state index is 12.6. The second-order valence-corrected chi connectivity index (χ2v) is 9.31. The summed E-state index contributed by atoms with van der Waals surface area (Å²) >= 11 is 6.16. The molecule has 0 fully saturated rings. The van der Waals surface area contributed by atoms with E-state index in [4.69, 9.17) is 16.3 Å². The average molecular weight is 473 g/mol. The predicted octanol–water partition coefficient (Wildman–Crippen LogP) is 3.98. The van der Waals surface area contributed by atoms with Crippen LogP contribution in [0.25, 0.3) is 0 Å². The Kier molecular flexibility index (Phi) is 8.27. The number of carbonyl (C=O) groups excluding carboxylic acids is 1. The molecule has 1 amide bonds. The summed E-state index contributed by atoms with van der Waals surface area (Å²) in [6, 6.07) is 21.1. The van der Waals surface area contributed by atoms with Gasteiger partial charge in [-0.15, -0.1) is 0 Å². The first-order chi connectivity index (χ1) is 15.4. The van der Waals surface area contributed by atoms with E-state index in [2.05, 4.69) is 10.0 Å². The maximum atomic E-state index is 12.6. The van der Waals surface area contributed by atoms with Crippen LogP contribution in [0.2, 0.25) is 5.02 Å². The molecule has 168 valence electrons. The van der Waals surface area contributed by atoms with Gasteiger partial charge in [0.15, 0.2) is 0 Å². The van der Waals surface area contributed by atoms with E-state index in [-0.39, 0.29) is 28.6 Å². The first-order valence-corrected chi connectivity index (χ1v) is 12.0. The summed E-state index contributed by atoms with van der Waals surface area (Å²) in [5, 5.41) is 2.99. The second kappa shape index (κ2) is 11.1. The minimum absolute atomic E-state index is 0.0364. The number of hydrogen-bond donors (Lipinski definition) is 2. The smallest absolute Gasteiger partial charge is 0.252 e. The largest absolute Gasteiger partial charge is 0.492 e. The molecule has 3 aromatic rings. The summed E-state index contributed by atoms with van der Waals surface area (Å²) in [5.74, 6) is 0.232. The number of sulfonamides is 1. The summed E-state index contributed by atoms with van der Waals surface area (Å²) in [6.45, 7) is 2.67. The van der Waals surface area contributed by atoms with Gasteiger partial charge in [-0.2, -0.15) is 0 Å². The van der Waals surface area contributed by atoms with E-state index in [0.29, 0.717) is 18.7 Å². The van der Waals surface area contributed by atoms with Crippen molar-refractivity contribution in [3.63, 3.8) is 0 Å². The highest BCUT2D eigenvalue weighted by Gasteiger charge is 2.18. The molecule has 0 saturated carbocycles. The fraction of sp³-hybridized carbons (Fsp3) is 0.208. The SMILES string of the molecule is Cc1ccccc1CCNC(=O)c1cc(S(=O)(=O)NCCOc2ccccc2)ccc1Cl. The molecule has 0 radical (unpaired) electrons. The minimum atomic E-state index is -3.83. The lowest BCUT2D eigenvalue weighted by Crippen LogP contribution is -2.29. The number of rotatable bonds is 10. The molecule has 6 nitrogen and oxygen atoms in total. The lowest BCUT2D eigenvalue weighted by atomic mass is 10.1. The Morgan fingerprint density at radius 1 is 0.969 bits per heavy atom. The van der Waals surface area contributed by atoms with Gasteiger partial charge in [-0.25, -0.2) is 13.1 Å². The van der Waals surface area contributed by atoms with Crippen LogP contribution in [0.15, 0.2) is 77.7 Å². The molecule has 0 spiro atoms. The minimum Gasteiger partial charge on any atom is -0.492 e. The van der Waals surface area contributed by atoms with Gasteiger partial charge in [0.25, 0.3) is 5.91 Å². The topological polar surface area (TPSA) is 84.5 Å². The summed E-state index contributed by atoms with van der Waals surface area (Å²) in [7, 11) is -3.83. The second-order valence-electron chi connectivity index (χ2n) is 7.13. The quantitative estimate of drug-likeness (QED) is 0.437. The molecule has 0 heterocycles. The Balaban J connectivity index is 1.58. The number of aryl methyl sites for hydroxylation is 1. The van der Waals surface area contributed by atoms with E-state index in [9.17, 15) is 13.2 Å². The van der Waals surface area contributed by atoms with Crippen molar-refractivity contribution in [2.75, 3.05) is 19.7 Å². The van der Waals surface area contributed by atoms with E-state index < -0.39 is 15.9 Å². The molecule has 0 unspecified atom stereocenters. The number of ether oxygens (including phenoxy) is 1. The Labute approximate surface area is 193 Å². The monoisotopic (exact) mass is 472 g/mol. The number of amides is 1. The van der Waals surface area contributed by atoms with Gasteiger partial charge >= 0.3 is 0 Å². The average Bonchev–Trinajstić information content (AvgIpc) is 2.79. The number of hydrogen-bond acceptors (Lipinski definition) is 4. The van der Waals surface area contributed by atoms with E-state index in [0.717, 1.165) is 11.1 Å². The number of benzene rings is 3. The van der Waals surface area contributed by atoms with E-state index in [1.807, 2.05) is 49.4 Å². The van der Waals surface area contributed by atoms with Crippen molar-refractivity contribution >= 4 is 27.5 Å². The van der Waals surface area contributed by atoms with Gasteiger partial charge in [-0.1, -0.05) is 54.1 Å². The van der Waals surface area contributed by atoms with Crippen molar-refractivity contribution in [1.82, 2.24) is 10.0 Å². The Morgan fingerprint density at radius 3 is 2.44 bits per heavy atom. The number of para-hydroxylation sites is 1. The summed E-state index contributed by atoms with van der Waals surface area (Å²) < 4.78 is 33.2. The molecular weight excluding hydrogens is 448 g/mol. The molecule has 0 aliphatic carbocycles. The molecule has 3 rings (SSSR count). The molecule has 0 atom stereocenters. The third kappa shape index (κ3) is 6.56. The summed E-state index contributed by atoms with van der Waals surface area (Å²) in [6.07, 6.45) is 0.664. The lowest BCUT2D eigenvalue weighted by Gasteiger charge is -2.11. The van der Waals surface area contributed by atoms with Crippen LogP contribution in [0.5, 0.6) is 5.75 Å². The molecule has 2 N–H and O–H groups in total. The van der Waals surface area contributed by atoms with Crippen LogP contribution in [-0.4, -0.2) is 34.0 Å². The zero-order valence-electron chi connectivity index (χ0n) is 17.7. The third-order valence-corrected chi connectivity index (χ3v) is 6.63. The zero-order valence-corrected chi connectivity index (χ0v) is 19.2. The molecule has 0 aliphatic heterocycles. The van der Waals surface area contributed by atoms with Gasteiger partial charge in [0.2, 0.25) is 10.0 Å². The summed E-state index contributed by atoms with van der Waals surface area (Å²) in [5.41, 5.74) is 2.40. The highest BCUT2D eigenvalue weighted by atomic mass is 35.5. The fourth-order valence-electron chi connectivity index (χ4n) is 3.09. The third-order valence-electron chi connectivity index (χ3n) is 4.84. The van der Waals surface area contributed by atoms with Gasteiger partial charge in [0, 0.05) is 13.1 Å². The molecule has 8 heteroatoms. The van der Waals surface area contributed by atoms with Crippen molar-refractivity contribution in [3.05, 3.63) is 94.5 Å². The van der Waals surface area contributed by atoms with Crippen molar-refractivity contribution < 1.29 is 17.9 Å². The molecular formula is C24H25ClN2O4S. The van der Waals surface area contributed by atoms with Gasteiger partial charge in [0.1, 0.15) is 12.4 Å². The van der Waals surface area contributed by atoms with Crippen molar-refractivity contribution in [2.24, 2.45) is 0 Å². The van der Waals surface area contributed by atoms with Crippen LogP contribution in [0, 0.1) is 6.92 Å². The molecule has 3 aromatic carbocycles. The van der Waals surface area contributed by atoms with Crippen molar-refractivity contribution in [1.29, 1.82) is 0 Å². The van der Waals surface area contributed by atoms with Gasteiger partial charge < -0.3 is 10.1 Å². The van der Waals surface area contributed by atoms with Crippen LogP contribution in [-0.2, 0) is 16.4 Å². The van der Waals surface area contributed by atoms with Crippen LogP contribution in [0.1, 0.15) is 21.5 Å². The van der Waals surface area contributed by atoms with Crippen LogP contribution in [0.4, 0.5) is 0 Å². The Hall–Kier alpha value is -2.87. The van der Waals surface area contributed by atoms with E-state index in [1.165, 1.54) is 18.2 Å². The fourth-order valence-corrected chi connectivity index (χ4v) is 4.33. The van der Waals surface area contributed by atoms with E-state index >= 15 is 0 Å². The van der Waals surface area contributed by atoms with Crippen molar-refractivity contribution in [2.45, 2.75) is 18.2 Å². The highest BCUT2D eigenvalue weighted by molar-refractivity contribution is 7.89. The van der Waals surface area contributed by atoms with Gasteiger partial charge in [-0.05, 0) is 54.8 Å². The van der Waals surface area contributed by atoms with Crippen molar-refractivity contribution in [3.8, 4) is 5.75 Å². The Morgan fingerprint density at radius 2 is 1.69 bits per heavy atom. The number of nitrogens with one attached hydrogen (secondary N) is 2. The molecule has 32 heavy (non-hydrogen) atoms. The normalized spacial score (nSPS) is 11.2. The molecule has 0 saturated heterocycles. The van der Waals surface area contributed by atoms with E-state index in [1.54, 1.807) is 12.1 Å². The molecule has 0 bridgehead atoms. The van der Waals surface area contributed by atoms with Gasteiger partial charge in [0.05, 0.1) is 15.5 Å². The maximum Gasteiger partial charge on any atom is 0.252 e. The first-order valence-electron chi connectivity index (χ1n) is 10.2. The van der Waals surface area contributed by atoms with Gasteiger partial charge in [-0.3, -0.25) is 4.79 Å². The predicted molar refractivity (Wildman–Crippen MR) is 126 cm³/mol. The summed E-state index contributed by atoms with van der Waals surface area (Å²) in [4.78, 5) is 12.6. The zero-order chi connectivity index (χ0) is 23.0. The lowest BCUT2D eigenvalue weighted by molar-refractivity contribution is 0.0954. The number of halogens is 1. The highest BCUT2D eigenvalue weighted by Crippen LogP contribution is 2.20.